The molecule has 6 heteroatoms. The SMILES string of the molecule is N#Cc1ncccc1CNc1cccc(C(F)(F)F)c1. The molecule has 0 aliphatic rings. The number of anilines is 1. The minimum atomic E-state index is -4.37. The van der Waals surface area contributed by atoms with Gasteiger partial charge in [0.2, 0.25) is 0 Å². The summed E-state index contributed by atoms with van der Waals surface area (Å²) in [6.45, 7) is 0.234. The molecule has 1 N–H and O–H groups in total. The molecule has 0 unspecified atom stereocenters. The molecule has 3 nitrogen and oxygen atoms in total. The second-order valence-corrected chi connectivity index (χ2v) is 4.06. The van der Waals surface area contributed by atoms with Crippen LogP contribution in [0.15, 0.2) is 42.6 Å². The fourth-order valence-corrected chi connectivity index (χ4v) is 1.68. The van der Waals surface area contributed by atoms with Gasteiger partial charge in [-0.25, -0.2) is 4.98 Å². The van der Waals surface area contributed by atoms with Crippen LogP contribution in [0.4, 0.5) is 18.9 Å². The number of halogens is 3. The molecule has 102 valence electrons. The molecule has 0 aliphatic carbocycles. The van der Waals surface area contributed by atoms with Crippen molar-refractivity contribution in [3.8, 4) is 6.07 Å². The normalized spacial score (nSPS) is 10.9. The molecule has 2 aromatic rings. The fourth-order valence-electron chi connectivity index (χ4n) is 1.68. The Balaban J connectivity index is 2.14. The maximum Gasteiger partial charge on any atom is 0.416 e. The highest BCUT2D eigenvalue weighted by atomic mass is 19.4. The number of hydrogen-bond acceptors (Lipinski definition) is 3. The zero-order valence-electron chi connectivity index (χ0n) is 10.3. The monoisotopic (exact) mass is 277 g/mol. The molecule has 0 atom stereocenters. The molecule has 1 heterocycles. The van der Waals surface area contributed by atoms with E-state index in [0.29, 0.717) is 11.3 Å². The second kappa shape index (κ2) is 5.61. The van der Waals surface area contributed by atoms with Crippen molar-refractivity contribution >= 4 is 5.69 Å². The molecule has 2 rings (SSSR count). The van der Waals surface area contributed by atoms with Crippen molar-refractivity contribution in [2.75, 3.05) is 5.32 Å². The fraction of sp³-hybridized carbons (Fsp3) is 0.143. The highest BCUT2D eigenvalue weighted by Gasteiger charge is 2.30. The third kappa shape index (κ3) is 3.26. The zero-order chi connectivity index (χ0) is 14.6. The van der Waals surface area contributed by atoms with Gasteiger partial charge in [-0.15, -0.1) is 0 Å². The maximum atomic E-state index is 12.6. The van der Waals surface area contributed by atoms with Gasteiger partial charge in [-0.3, -0.25) is 0 Å². The first kappa shape index (κ1) is 13.9. The summed E-state index contributed by atoms with van der Waals surface area (Å²) in [5, 5.41) is 11.7. The Kier molecular flexibility index (Phi) is 3.89. The van der Waals surface area contributed by atoms with Crippen LogP contribution in [0.5, 0.6) is 0 Å². The van der Waals surface area contributed by atoms with Gasteiger partial charge in [0.05, 0.1) is 5.56 Å². The summed E-state index contributed by atoms with van der Waals surface area (Å²) in [7, 11) is 0. The first-order chi connectivity index (χ1) is 9.50. The smallest absolute Gasteiger partial charge is 0.381 e. The van der Waals surface area contributed by atoms with Crippen molar-refractivity contribution in [3.63, 3.8) is 0 Å². The Morgan fingerprint density at radius 3 is 2.70 bits per heavy atom. The molecule has 1 aromatic carbocycles. The van der Waals surface area contributed by atoms with Crippen molar-refractivity contribution in [1.29, 1.82) is 5.26 Å². The molecular weight excluding hydrogens is 267 g/mol. The van der Waals surface area contributed by atoms with E-state index < -0.39 is 11.7 Å². The molecule has 0 spiro atoms. The minimum Gasteiger partial charge on any atom is -0.381 e. The van der Waals surface area contributed by atoms with Gasteiger partial charge in [-0.1, -0.05) is 12.1 Å². The van der Waals surface area contributed by atoms with Crippen LogP contribution >= 0.6 is 0 Å². The predicted octanol–water partition coefficient (Wildman–Crippen LogP) is 3.58. The molecule has 0 amide bonds. The lowest BCUT2D eigenvalue weighted by atomic mass is 10.1. The summed E-state index contributed by atoms with van der Waals surface area (Å²) in [5.74, 6) is 0. The van der Waals surface area contributed by atoms with Crippen molar-refractivity contribution in [2.24, 2.45) is 0 Å². The second-order valence-electron chi connectivity index (χ2n) is 4.06. The van der Waals surface area contributed by atoms with Crippen molar-refractivity contribution in [2.45, 2.75) is 12.7 Å². The van der Waals surface area contributed by atoms with Crippen LogP contribution in [-0.4, -0.2) is 4.98 Å². The first-order valence-corrected chi connectivity index (χ1v) is 5.76. The topological polar surface area (TPSA) is 48.7 Å². The third-order valence-corrected chi connectivity index (χ3v) is 2.67. The first-order valence-electron chi connectivity index (χ1n) is 5.76. The molecular formula is C14H10F3N3. The van der Waals surface area contributed by atoms with E-state index in [0.717, 1.165) is 12.1 Å². The van der Waals surface area contributed by atoms with Gasteiger partial charge in [0.15, 0.2) is 0 Å². The van der Waals surface area contributed by atoms with E-state index in [4.69, 9.17) is 5.26 Å². The highest BCUT2D eigenvalue weighted by molar-refractivity contribution is 5.47. The summed E-state index contributed by atoms with van der Waals surface area (Å²) in [4.78, 5) is 3.89. The van der Waals surface area contributed by atoms with E-state index >= 15 is 0 Å². The van der Waals surface area contributed by atoms with Crippen LogP contribution in [0.3, 0.4) is 0 Å². The van der Waals surface area contributed by atoms with E-state index in [9.17, 15) is 13.2 Å². The summed E-state index contributed by atoms with van der Waals surface area (Å²) in [6.07, 6.45) is -2.88. The van der Waals surface area contributed by atoms with Gasteiger partial charge >= 0.3 is 6.18 Å². The maximum absolute atomic E-state index is 12.6. The van der Waals surface area contributed by atoms with E-state index in [1.54, 1.807) is 12.1 Å². The largest absolute Gasteiger partial charge is 0.416 e. The lowest BCUT2D eigenvalue weighted by Crippen LogP contribution is -2.07. The Morgan fingerprint density at radius 1 is 1.20 bits per heavy atom. The van der Waals surface area contributed by atoms with Crippen molar-refractivity contribution in [3.05, 3.63) is 59.4 Å². The molecule has 0 bridgehead atoms. The zero-order valence-corrected chi connectivity index (χ0v) is 10.3. The van der Waals surface area contributed by atoms with Crippen molar-refractivity contribution in [1.82, 2.24) is 4.98 Å². The van der Waals surface area contributed by atoms with Gasteiger partial charge in [-0.05, 0) is 24.3 Å². The van der Waals surface area contributed by atoms with Crippen LogP contribution in [-0.2, 0) is 12.7 Å². The third-order valence-electron chi connectivity index (χ3n) is 2.67. The van der Waals surface area contributed by atoms with Gasteiger partial charge < -0.3 is 5.32 Å². The van der Waals surface area contributed by atoms with Crippen LogP contribution in [0.1, 0.15) is 16.8 Å². The standard InChI is InChI=1S/C14H10F3N3/c15-14(16,17)11-4-1-5-12(7-11)20-9-10-3-2-6-19-13(10)8-18/h1-7,20H,9H2. The summed E-state index contributed by atoms with van der Waals surface area (Å²) < 4.78 is 37.7. The predicted molar refractivity (Wildman–Crippen MR) is 67.7 cm³/mol. The van der Waals surface area contributed by atoms with Crippen LogP contribution in [0, 0.1) is 11.3 Å². The van der Waals surface area contributed by atoms with Gasteiger partial charge in [0.1, 0.15) is 11.8 Å². The average Bonchev–Trinajstić information content (AvgIpc) is 2.45. The number of rotatable bonds is 3. The van der Waals surface area contributed by atoms with Gasteiger partial charge in [0.25, 0.3) is 0 Å². The van der Waals surface area contributed by atoms with E-state index in [-0.39, 0.29) is 12.2 Å². The van der Waals surface area contributed by atoms with Gasteiger partial charge in [-0.2, -0.15) is 18.4 Å². The Hall–Kier alpha value is -2.55. The van der Waals surface area contributed by atoms with E-state index in [2.05, 4.69) is 10.3 Å². The summed E-state index contributed by atoms with van der Waals surface area (Å²) >= 11 is 0. The summed E-state index contributed by atoms with van der Waals surface area (Å²) in [6, 6.07) is 10.2. The lowest BCUT2D eigenvalue weighted by Gasteiger charge is -2.11. The molecule has 0 fully saturated rings. The Labute approximate surface area is 113 Å². The molecule has 0 saturated carbocycles. The lowest BCUT2D eigenvalue weighted by molar-refractivity contribution is -0.137. The number of pyridine rings is 1. The Morgan fingerprint density at radius 2 is 2.00 bits per heavy atom. The van der Waals surface area contributed by atoms with Crippen LogP contribution < -0.4 is 5.32 Å². The number of nitrogens with one attached hydrogen (secondary N) is 1. The summed E-state index contributed by atoms with van der Waals surface area (Å²) in [5.41, 5.74) is 0.515. The molecule has 0 radical (unpaired) electrons. The van der Waals surface area contributed by atoms with Crippen LogP contribution in [0.2, 0.25) is 0 Å². The highest BCUT2D eigenvalue weighted by Crippen LogP contribution is 2.30. The molecule has 20 heavy (non-hydrogen) atoms. The molecule has 1 aromatic heterocycles. The van der Waals surface area contributed by atoms with Crippen molar-refractivity contribution < 1.29 is 13.2 Å². The van der Waals surface area contributed by atoms with Crippen LogP contribution in [0.25, 0.3) is 0 Å². The Bertz CT molecular complexity index is 645. The average molecular weight is 277 g/mol. The number of nitrogens with zero attached hydrogens (tertiary/aromatic N) is 2. The van der Waals surface area contributed by atoms with Gasteiger partial charge in [0, 0.05) is 24.0 Å². The quantitative estimate of drug-likeness (QED) is 0.932. The molecule has 0 aliphatic heterocycles. The number of nitriles is 1. The number of benzene rings is 1. The molecule has 0 saturated heterocycles. The number of hydrogen-bond donors (Lipinski definition) is 1. The number of aromatic nitrogens is 1. The van der Waals surface area contributed by atoms with E-state index in [1.165, 1.54) is 18.3 Å². The minimum absolute atomic E-state index is 0.234. The number of alkyl halides is 3. The van der Waals surface area contributed by atoms with E-state index in [1.807, 2.05) is 6.07 Å².